The molecule has 1 aromatic rings. The Morgan fingerprint density at radius 3 is 2.19 bits per heavy atom. The summed E-state index contributed by atoms with van der Waals surface area (Å²) in [4.78, 5) is 22.5. The second-order valence-corrected chi connectivity index (χ2v) is 3.23. The summed E-state index contributed by atoms with van der Waals surface area (Å²) in [5, 5.41) is 0. The third-order valence-electron chi connectivity index (χ3n) is 2.20. The SMILES string of the molecule is COC(=O)CCC(=O)c1ccc(OC)cc1. The number of Topliss-reactive ketones (excluding diaryl/α,β-unsaturated/α-hetero) is 1. The summed E-state index contributed by atoms with van der Waals surface area (Å²) < 4.78 is 9.44. The van der Waals surface area contributed by atoms with Crippen molar-refractivity contribution in [3.63, 3.8) is 0 Å². The maximum Gasteiger partial charge on any atom is 0.305 e. The summed E-state index contributed by atoms with van der Waals surface area (Å²) >= 11 is 0. The number of hydrogen-bond acceptors (Lipinski definition) is 4. The molecular formula is C12H14O4. The maximum absolute atomic E-state index is 11.6. The Labute approximate surface area is 94.2 Å². The zero-order valence-electron chi connectivity index (χ0n) is 9.36. The molecule has 1 rings (SSSR count). The van der Waals surface area contributed by atoms with Gasteiger partial charge in [-0.25, -0.2) is 0 Å². The zero-order chi connectivity index (χ0) is 12.0. The standard InChI is InChI=1S/C12H14O4/c1-15-10-5-3-9(4-6-10)11(13)7-8-12(14)16-2/h3-6H,7-8H2,1-2H3. The number of esters is 1. The van der Waals surface area contributed by atoms with E-state index in [4.69, 9.17) is 4.74 Å². The van der Waals surface area contributed by atoms with Crippen molar-refractivity contribution in [2.45, 2.75) is 12.8 Å². The Balaban J connectivity index is 2.56. The molecule has 86 valence electrons. The van der Waals surface area contributed by atoms with Gasteiger partial charge in [-0.05, 0) is 24.3 Å². The highest BCUT2D eigenvalue weighted by Crippen LogP contribution is 2.13. The number of hydrogen-bond donors (Lipinski definition) is 0. The fourth-order valence-corrected chi connectivity index (χ4v) is 1.24. The number of carbonyl (C=O) groups is 2. The van der Waals surface area contributed by atoms with Gasteiger partial charge in [-0.1, -0.05) is 0 Å². The molecule has 0 heterocycles. The van der Waals surface area contributed by atoms with Crippen molar-refractivity contribution in [1.82, 2.24) is 0 Å². The van der Waals surface area contributed by atoms with E-state index in [9.17, 15) is 9.59 Å². The van der Waals surface area contributed by atoms with Crippen LogP contribution in [-0.2, 0) is 9.53 Å². The van der Waals surface area contributed by atoms with E-state index in [1.54, 1.807) is 31.4 Å². The van der Waals surface area contributed by atoms with Crippen molar-refractivity contribution >= 4 is 11.8 Å². The lowest BCUT2D eigenvalue weighted by atomic mass is 10.1. The average Bonchev–Trinajstić information content (AvgIpc) is 2.35. The molecule has 0 aliphatic rings. The van der Waals surface area contributed by atoms with Crippen LogP contribution in [0.5, 0.6) is 5.75 Å². The summed E-state index contributed by atoms with van der Waals surface area (Å²) in [7, 11) is 2.87. The monoisotopic (exact) mass is 222 g/mol. The molecule has 0 unspecified atom stereocenters. The molecule has 0 radical (unpaired) electrons. The molecule has 0 amide bonds. The summed E-state index contributed by atoms with van der Waals surface area (Å²) in [5.41, 5.74) is 0.574. The zero-order valence-corrected chi connectivity index (χ0v) is 9.36. The minimum atomic E-state index is -0.373. The lowest BCUT2D eigenvalue weighted by Crippen LogP contribution is -2.05. The average molecular weight is 222 g/mol. The van der Waals surface area contributed by atoms with Crippen LogP contribution in [0.25, 0.3) is 0 Å². The summed E-state index contributed by atoms with van der Waals surface area (Å²) in [6.45, 7) is 0. The van der Waals surface area contributed by atoms with E-state index in [1.165, 1.54) is 7.11 Å². The first-order valence-corrected chi connectivity index (χ1v) is 4.91. The maximum atomic E-state index is 11.6. The Morgan fingerprint density at radius 2 is 1.69 bits per heavy atom. The van der Waals surface area contributed by atoms with Gasteiger partial charge in [0.1, 0.15) is 5.75 Å². The number of carbonyl (C=O) groups excluding carboxylic acids is 2. The lowest BCUT2D eigenvalue weighted by Gasteiger charge is -2.02. The highest BCUT2D eigenvalue weighted by Gasteiger charge is 2.09. The van der Waals surface area contributed by atoms with Gasteiger partial charge in [0.05, 0.1) is 20.6 Å². The number of ketones is 1. The van der Waals surface area contributed by atoms with E-state index >= 15 is 0 Å². The van der Waals surface area contributed by atoms with E-state index in [1.807, 2.05) is 0 Å². The molecule has 0 saturated carbocycles. The molecule has 0 aromatic heterocycles. The number of rotatable bonds is 5. The molecule has 4 heteroatoms. The number of ether oxygens (including phenoxy) is 2. The fraction of sp³-hybridized carbons (Fsp3) is 0.333. The molecular weight excluding hydrogens is 208 g/mol. The van der Waals surface area contributed by atoms with E-state index in [0.717, 1.165) is 0 Å². The van der Waals surface area contributed by atoms with Gasteiger partial charge in [0.15, 0.2) is 5.78 Å². The molecule has 0 fully saturated rings. The van der Waals surface area contributed by atoms with Gasteiger partial charge >= 0.3 is 5.97 Å². The second-order valence-electron chi connectivity index (χ2n) is 3.23. The van der Waals surface area contributed by atoms with E-state index < -0.39 is 0 Å². The predicted molar refractivity (Wildman–Crippen MR) is 58.6 cm³/mol. The lowest BCUT2D eigenvalue weighted by molar-refractivity contribution is -0.140. The summed E-state index contributed by atoms with van der Waals surface area (Å²) in [5.74, 6) is 0.249. The Morgan fingerprint density at radius 1 is 1.06 bits per heavy atom. The molecule has 0 atom stereocenters. The van der Waals surface area contributed by atoms with Crippen LogP contribution in [0.2, 0.25) is 0 Å². The molecule has 0 aliphatic carbocycles. The minimum Gasteiger partial charge on any atom is -0.497 e. The number of benzene rings is 1. The van der Waals surface area contributed by atoms with Crippen LogP contribution in [-0.4, -0.2) is 26.0 Å². The number of methoxy groups -OCH3 is 2. The Bertz CT molecular complexity index is 367. The third-order valence-corrected chi connectivity index (χ3v) is 2.20. The van der Waals surface area contributed by atoms with Crippen LogP contribution >= 0.6 is 0 Å². The van der Waals surface area contributed by atoms with Crippen molar-refractivity contribution in [2.75, 3.05) is 14.2 Å². The van der Waals surface area contributed by atoms with Gasteiger partial charge in [-0.15, -0.1) is 0 Å². The van der Waals surface area contributed by atoms with Crippen molar-refractivity contribution in [2.24, 2.45) is 0 Å². The van der Waals surface area contributed by atoms with Gasteiger partial charge in [0.25, 0.3) is 0 Å². The van der Waals surface area contributed by atoms with Crippen LogP contribution in [0.3, 0.4) is 0 Å². The largest absolute Gasteiger partial charge is 0.497 e. The van der Waals surface area contributed by atoms with Gasteiger partial charge in [-0.2, -0.15) is 0 Å². The fourth-order valence-electron chi connectivity index (χ4n) is 1.24. The van der Waals surface area contributed by atoms with Crippen molar-refractivity contribution in [3.05, 3.63) is 29.8 Å². The van der Waals surface area contributed by atoms with Crippen molar-refractivity contribution < 1.29 is 19.1 Å². The first-order valence-electron chi connectivity index (χ1n) is 4.91. The summed E-state index contributed by atoms with van der Waals surface area (Å²) in [6, 6.07) is 6.79. The first kappa shape index (κ1) is 12.2. The third kappa shape index (κ3) is 3.38. The van der Waals surface area contributed by atoms with E-state index in [2.05, 4.69) is 4.74 Å². The molecule has 0 aliphatic heterocycles. The van der Waals surface area contributed by atoms with Crippen molar-refractivity contribution in [1.29, 1.82) is 0 Å². The van der Waals surface area contributed by atoms with Gasteiger partial charge in [0, 0.05) is 12.0 Å². The van der Waals surface area contributed by atoms with Crippen LogP contribution in [0.4, 0.5) is 0 Å². The van der Waals surface area contributed by atoms with Gasteiger partial charge in [-0.3, -0.25) is 9.59 Å². The van der Waals surface area contributed by atoms with Gasteiger partial charge in [0.2, 0.25) is 0 Å². The molecule has 0 spiro atoms. The topological polar surface area (TPSA) is 52.6 Å². The molecule has 16 heavy (non-hydrogen) atoms. The quantitative estimate of drug-likeness (QED) is 0.563. The second kappa shape index (κ2) is 5.90. The minimum absolute atomic E-state index is 0.0759. The predicted octanol–water partition coefficient (Wildman–Crippen LogP) is 1.83. The van der Waals surface area contributed by atoms with E-state index in [-0.39, 0.29) is 24.6 Å². The molecule has 0 saturated heterocycles. The van der Waals surface area contributed by atoms with E-state index in [0.29, 0.717) is 11.3 Å². The molecule has 1 aromatic carbocycles. The Hall–Kier alpha value is -1.84. The first-order chi connectivity index (χ1) is 7.67. The molecule has 4 nitrogen and oxygen atoms in total. The van der Waals surface area contributed by atoms with Gasteiger partial charge < -0.3 is 9.47 Å². The van der Waals surface area contributed by atoms with Crippen molar-refractivity contribution in [3.8, 4) is 5.75 Å². The normalized spacial score (nSPS) is 9.62. The summed E-state index contributed by atoms with van der Waals surface area (Å²) in [6.07, 6.45) is 0.278. The van der Waals surface area contributed by atoms with Crippen LogP contribution < -0.4 is 4.74 Å². The van der Waals surface area contributed by atoms with Crippen LogP contribution in [0, 0.1) is 0 Å². The molecule has 0 N–H and O–H groups in total. The highest BCUT2D eigenvalue weighted by molar-refractivity contribution is 5.97. The Kier molecular flexibility index (Phi) is 4.51. The van der Waals surface area contributed by atoms with Crippen LogP contribution in [0.15, 0.2) is 24.3 Å². The smallest absolute Gasteiger partial charge is 0.305 e. The molecule has 0 bridgehead atoms. The highest BCUT2D eigenvalue weighted by atomic mass is 16.5. The van der Waals surface area contributed by atoms with Crippen LogP contribution in [0.1, 0.15) is 23.2 Å².